The Labute approximate surface area is 445 Å². The van der Waals surface area contributed by atoms with E-state index in [4.69, 9.17) is 14.2 Å². The smallest absolute Gasteiger partial charge is 0.306 e. The molecule has 0 aromatic carbocycles. The second kappa shape index (κ2) is 59.9. The fraction of sp³-hybridized carbons (Fsp3) is 0.712. The van der Waals surface area contributed by atoms with E-state index in [2.05, 4.69) is 118 Å². The molecular formula is C66H112O6. The predicted octanol–water partition coefficient (Wildman–Crippen LogP) is 20.5. The van der Waals surface area contributed by atoms with E-state index in [1.165, 1.54) is 116 Å². The number of unbranched alkanes of at least 4 members (excludes halogenated alkanes) is 27. The Morgan fingerprint density at radius 2 is 0.542 bits per heavy atom. The van der Waals surface area contributed by atoms with Gasteiger partial charge in [0.05, 0.1) is 0 Å². The van der Waals surface area contributed by atoms with E-state index in [9.17, 15) is 14.4 Å². The van der Waals surface area contributed by atoms with Crippen LogP contribution < -0.4 is 0 Å². The maximum atomic E-state index is 12.9. The molecule has 0 aliphatic rings. The van der Waals surface area contributed by atoms with Crippen molar-refractivity contribution in [1.82, 2.24) is 0 Å². The number of rotatable bonds is 54. The topological polar surface area (TPSA) is 78.9 Å². The number of allylic oxidation sites excluding steroid dienone is 16. The maximum Gasteiger partial charge on any atom is 0.306 e. The monoisotopic (exact) mass is 1000 g/mol. The number of ether oxygens (including phenoxy) is 3. The van der Waals surface area contributed by atoms with Gasteiger partial charge in [-0.05, 0) is 116 Å². The first-order chi connectivity index (χ1) is 35.5. The molecule has 0 aliphatic heterocycles. The van der Waals surface area contributed by atoms with Crippen molar-refractivity contribution in [1.29, 1.82) is 0 Å². The van der Waals surface area contributed by atoms with E-state index in [0.29, 0.717) is 19.3 Å². The lowest BCUT2D eigenvalue weighted by atomic mass is 10.1. The molecule has 0 saturated heterocycles. The van der Waals surface area contributed by atoms with Crippen molar-refractivity contribution in [2.75, 3.05) is 13.2 Å². The van der Waals surface area contributed by atoms with Crippen molar-refractivity contribution >= 4 is 17.9 Å². The molecule has 0 heterocycles. The Hall–Kier alpha value is -3.67. The third-order valence-electron chi connectivity index (χ3n) is 12.8. The molecule has 0 bridgehead atoms. The minimum Gasteiger partial charge on any atom is -0.462 e. The predicted molar refractivity (Wildman–Crippen MR) is 311 cm³/mol. The van der Waals surface area contributed by atoms with Crippen molar-refractivity contribution < 1.29 is 28.6 Å². The SMILES string of the molecule is CC/C=C\C/C=C\C/C=C\C/C=C\CCCCCCCCCCC(=O)OCC(COC(=O)CCCCCCC/C=C\C/C=C\C/C=C\CC)OC(=O)CCCCCCCCC/C=C\CCCCCCCCC. The summed E-state index contributed by atoms with van der Waals surface area (Å²) in [7, 11) is 0. The highest BCUT2D eigenvalue weighted by atomic mass is 16.6. The molecule has 0 N–H and O–H groups in total. The zero-order valence-corrected chi connectivity index (χ0v) is 47.2. The largest absolute Gasteiger partial charge is 0.462 e. The maximum absolute atomic E-state index is 12.9. The minimum absolute atomic E-state index is 0.0892. The van der Waals surface area contributed by atoms with Gasteiger partial charge in [0.15, 0.2) is 6.10 Å². The fourth-order valence-electron chi connectivity index (χ4n) is 8.33. The third kappa shape index (κ3) is 57.2. The zero-order chi connectivity index (χ0) is 52.2. The average Bonchev–Trinajstić information content (AvgIpc) is 3.38. The van der Waals surface area contributed by atoms with Crippen LogP contribution in [0.25, 0.3) is 0 Å². The second-order valence-electron chi connectivity index (χ2n) is 19.8. The average molecular weight is 1000 g/mol. The molecule has 0 aromatic rings. The molecule has 0 radical (unpaired) electrons. The molecule has 6 nitrogen and oxygen atoms in total. The fourth-order valence-corrected chi connectivity index (χ4v) is 8.33. The van der Waals surface area contributed by atoms with Gasteiger partial charge in [0.2, 0.25) is 0 Å². The lowest BCUT2D eigenvalue weighted by Gasteiger charge is -2.18. The van der Waals surface area contributed by atoms with Crippen molar-refractivity contribution in [2.24, 2.45) is 0 Å². The van der Waals surface area contributed by atoms with Crippen LogP contribution in [0.5, 0.6) is 0 Å². The van der Waals surface area contributed by atoms with Crippen molar-refractivity contribution in [3.63, 3.8) is 0 Å². The summed E-state index contributed by atoms with van der Waals surface area (Å²) >= 11 is 0. The van der Waals surface area contributed by atoms with Crippen LogP contribution >= 0.6 is 0 Å². The zero-order valence-electron chi connectivity index (χ0n) is 47.2. The number of hydrogen-bond acceptors (Lipinski definition) is 6. The van der Waals surface area contributed by atoms with Gasteiger partial charge in [-0.2, -0.15) is 0 Å². The lowest BCUT2D eigenvalue weighted by Crippen LogP contribution is -2.30. The normalized spacial score (nSPS) is 12.8. The van der Waals surface area contributed by atoms with Gasteiger partial charge in [0, 0.05) is 19.3 Å². The van der Waals surface area contributed by atoms with Crippen LogP contribution in [0.4, 0.5) is 0 Å². The van der Waals surface area contributed by atoms with Gasteiger partial charge in [0.25, 0.3) is 0 Å². The van der Waals surface area contributed by atoms with E-state index in [0.717, 1.165) is 128 Å². The summed E-state index contributed by atoms with van der Waals surface area (Å²) in [5.74, 6) is -0.911. The van der Waals surface area contributed by atoms with Crippen LogP contribution in [0.3, 0.4) is 0 Å². The molecular weight excluding hydrogens is 889 g/mol. The summed E-state index contributed by atoms with van der Waals surface area (Å²) < 4.78 is 16.9. The quantitative estimate of drug-likeness (QED) is 0.0261. The number of carbonyl (C=O) groups is 3. The van der Waals surface area contributed by atoms with Crippen molar-refractivity contribution in [3.05, 3.63) is 97.2 Å². The first-order valence-corrected chi connectivity index (χ1v) is 30.2. The summed E-state index contributed by atoms with van der Waals surface area (Å²) in [4.78, 5) is 38.3. The number of esters is 3. The summed E-state index contributed by atoms with van der Waals surface area (Å²) in [5.41, 5.74) is 0. The minimum atomic E-state index is -0.792. The van der Waals surface area contributed by atoms with E-state index >= 15 is 0 Å². The molecule has 1 atom stereocenters. The summed E-state index contributed by atoms with van der Waals surface area (Å²) in [6, 6.07) is 0. The van der Waals surface area contributed by atoms with Gasteiger partial charge in [-0.25, -0.2) is 0 Å². The van der Waals surface area contributed by atoms with E-state index in [1.807, 2.05) is 0 Å². The standard InChI is InChI=1S/C66H112O6/c1-4-7-10-13-16-19-22-25-28-30-32-33-34-36-38-41-44-47-50-53-56-59-65(68)71-62-63(61-70-64(67)58-55-52-49-46-43-40-37-27-24-21-18-15-12-9-6-3)72-66(69)60-57-54-51-48-45-42-39-35-31-29-26-23-20-17-14-11-8-5-2/h7,9-10,12,16,18-19,21,25,27-29,31-33,37,63H,4-6,8,11,13-15,17,20,22-24,26,30,34-36,38-62H2,1-3H3/b10-7-,12-9-,19-16-,21-18-,28-25-,31-29-,33-32-,37-27-. The molecule has 6 heteroatoms. The van der Waals surface area contributed by atoms with E-state index in [-0.39, 0.29) is 31.1 Å². The van der Waals surface area contributed by atoms with Gasteiger partial charge >= 0.3 is 17.9 Å². The molecule has 1 unspecified atom stereocenters. The Morgan fingerprint density at radius 3 is 0.861 bits per heavy atom. The van der Waals surface area contributed by atoms with Crippen LogP contribution in [0.1, 0.15) is 284 Å². The van der Waals surface area contributed by atoms with Gasteiger partial charge in [-0.3, -0.25) is 14.4 Å². The van der Waals surface area contributed by atoms with Gasteiger partial charge in [0.1, 0.15) is 13.2 Å². The van der Waals surface area contributed by atoms with Crippen molar-refractivity contribution in [3.8, 4) is 0 Å². The summed E-state index contributed by atoms with van der Waals surface area (Å²) in [6.07, 6.45) is 79.7. The van der Waals surface area contributed by atoms with Crippen LogP contribution in [-0.2, 0) is 28.6 Å². The lowest BCUT2D eigenvalue weighted by molar-refractivity contribution is -0.167. The van der Waals surface area contributed by atoms with Crippen LogP contribution in [0, 0.1) is 0 Å². The highest BCUT2D eigenvalue weighted by molar-refractivity contribution is 5.71. The third-order valence-corrected chi connectivity index (χ3v) is 12.8. The van der Waals surface area contributed by atoms with E-state index in [1.54, 1.807) is 0 Å². The molecule has 0 rings (SSSR count). The highest BCUT2D eigenvalue weighted by Gasteiger charge is 2.19. The van der Waals surface area contributed by atoms with Crippen LogP contribution in [-0.4, -0.2) is 37.2 Å². The Balaban J connectivity index is 4.41. The molecule has 0 aliphatic carbocycles. The Kier molecular flexibility index (Phi) is 56.8. The number of hydrogen-bond donors (Lipinski definition) is 0. The molecule has 0 amide bonds. The van der Waals surface area contributed by atoms with Crippen LogP contribution in [0.15, 0.2) is 97.2 Å². The van der Waals surface area contributed by atoms with E-state index < -0.39 is 6.10 Å². The van der Waals surface area contributed by atoms with Gasteiger partial charge < -0.3 is 14.2 Å². The molecule has 0 spiro atoms. The second-order valence-corrected chi connectivity index (χ2v) is 19.8. The Morgan fingerprint density at radius 1 is 0.292 bits per heavy atom. The first-order valence-electron chi connectivity index (χ1n) is 30.2. The van der Waals surface area contributed by atoms with Crippen LogP contribution in [0.2, 0.25) is 0 Å². The first kappa shape index (κ1) is 68.3. The number of carbonyl (C=O) groups excluding carboxylic acids is 3. The van der Waals surface area contributed by atoms with Crippen molar-refractivity contribution in [2.45, 2.75) is 290 Å². The Bertz CT molecular complexity index is 1430. The van der Waals surface area contributed by atoms with Gasteiger partial charge in [-0.1, -0.05) is 246 Å². The summed E-state index contributed by atoms with van der Waals surface area (Å²) in [5, 5.41) is 0. The molecule has 0 aromatic heterocycles. The molecule has 0 fully saturated rings. The summed E-state index contributed by atoms with van der Waals surface area (Å²) in [6.45, 7) is 6.41. The highest BCUT2D eigenvalue weighted by Crippen LogP contribution is 2.15. The molecule has 72 heavy (non-hydrogen) atoms. The van der Waals surface area contributed by atoms with Gasteiger partial charge in [-0.15, -0.1) is 0 Å². The molecule has 0 saturated carbocycles. The molecule has 412 valence electrons.